The molecule has 0 radical (unpaired) electrons. The maximum absolute atomic E-state index is 4.28. The molecule has 0 fully saturated rings. The highest BCUT2D eigenvalue weighted by Crippen LogP contribution is 2.31. The van der Waals surface area contributed by atoms with Crippen LogP contribution >= 0.6 is 7.55 Å². The van der Waals surface area contributed by atoms with Gasteiger partial charge in [0.05, 0.1) is 0 Å². The van der Waals surface area contributed by atoms with Gasteiger partial charge in [-0.15, -0.1) is 0 Å². The molecule has 0 nitrogen and oxygen atoms in total. The Kier molecular flexibility index (Phi) is 4.93. The SMILES string of the molecule is C=C/C=C\C(=C/C)[PH](=C)c1ccccc1. The van der Waals surface area contributed by atoms with E-state index in [1.807, 2.05) is 12.1 Å². The number of allylic oxidation sites excluding steroid dienone is 5. The van der Waals surface area contributed by atoms with E-state index in [-0.39, 0.29) is 0 Å². The van der Waals surface area contributed by atoms with Crippen LogP contribution in [0.25, 0.3) is 0 Å². The molecule has 0 aliphatic carbocycles. The summed E-state index contributed by atoms with van der Waals surface area (Å²) in [5.41, 5.74) is 0. The van der Waals surface area contributed by atoms with Gasteiger partial charge in [-0.05, 0) is 17.5 Å². The van der Waals surface area contributed by atoms with Gasteiger partial charge < -0.3 is 0 Å². The summed E-state index contributed by atoms with van der Waals surface area (Å²) in [6.07, 6.45) is 12.3. The van der Waals surface area contributed by atoms with E-state index < -0.39 is 7.55 Å². The molecule has 0 aliphatic rings. The first-order valence-electron chi connectivity index (χ1n) is 4.99. The van der Waals surface area contributed by atoms with Crippen LogP contribution in [0, 0.1) is 0 Å². The van der Waals surface area contributed by atoms with Crippen LogP contribution in [-0.2, 0) is 0 Å². The van der Waals surface area contributed by atoms with Gasteiger partial charge in [0.1, 0.15) is 0 Å². The van der Waals surface area contributed by atoms with Crippen molar-refractivity contribution in [2.24, 2.45) is 0 Å². The standard InChI is InChI=1S/C14H17P/c1-4-6-10-13(5-2)15(3)14-11-8-7-9-12-14/h4-12,15H,1,3H2,2H3/b10-6-,13-5+. The van der Waals surface area contributed by atoms with Gasteiger partial charge in [-0.1, -0.05) is 75.1 Å². The van der Waals surface area contributed by atoms with Crippen LogP contribution in [0.15, 0.2) is 66.5 Å². The molecule has 0 amide bonds. The number of benzene rings is 1. The number of hydrogen-bond acceptors (Lipinski definition) is 0. The first kappa shape index (κ1) is 11.8. The first-order valence-corrected chi connectivity index (χ1v) is 6.70. The molecule has 1 atom stereocenters. The second kappa shape index (κ2) is 6.27. The lowest BCUT2D eigenvalue weighted by Gasteiger charge is -2.07. The molecule has 78 valence electrons. The van der Waals surface area contributed by atoms with Crippen molar-refractivity contribution in [3.8, 4) is 0 Å². The Morgan fingerprint density at radius 1 is 1.27 bits per heavy atom. The van der Waals surface area contributed by atoms with E-state index in [0.717, 1.165) is 0 Å². The van der Waals surface area contributed by atoms with Crippen LogP contribution in [0.5, 0.6) is 0 Å². The molecular formula is C14H17P. The minimum atomic E-state index is -0.852. The fourth-order valence-electron chi connectivity index (χ4n) is 1.35. The topological polar surface area (TPSA) is 0 Å². The predicted octanol–water partition coefficient (Wildman–Crippen LogP) is 3.60. The van der Waals surface area contributed by atoms with Crippen molar-refractivity contribution in [1.82, 2.24) is 0 Å². The highest BCUT2D eigenvalue weighted by atomic mass is 31.1. The molecule has 0 aromatic heterocycles. The van der Waals surface area contributed by atoms with Crippen molar-refractivity contribution in [2.75, 3.05) is 0 Å². The van der Waals surface area contributed by atoms with Gasteiger partial charge in [0.15, 0.2) is 0 Å². The molecule has 1 heteroatoms. The molecule has 1 aromatic carbocycles. The molecular weight excluding hydrogens is 199 g/mol. The maximum atomic E-state index is 4.28. The van der Waals surface area contributed by atoms with Crippen LogP contribution in [0.2, 0.25) is 0 Å². The number of rotatable bonds is 4. The highest BCUT2D eigenvalue weighted by Gasteiger charge is 1.98. The summed E-state index contributed by atoms with van der Waals surface area (Å²) in [6, 6.07) is 10.5. The van der Waals surface area contributed by atoms with Crippen molar-refractivity contribution >= 4 is 19.1 Å². The van der Waals surface area contributed by atoms with Crippen LogP contribution in [-0.4, -0.2) is 6.30 Å². The van der Waals surface area contributed by atoms with Gasteiger partial charge in [0.25, 0.3) is 0 Å². The summed E-state index contributed by atoms with van der Waals surface area (Å²) in [5.74, 6) is 0. The zero-order valence-electron chi connectivity index (χ0n) is 9.11. The second-order valence-electron chi connectivity index (χ2n) is 3.18. The molecule has 1 unspecified atom stereocenters. The third-order valence-electron chi connectivity index (χ3n) is 2.19. The average Bonchev–Trinajstić information content (AvgIpc) is 2.31. The Labute approximate surface area is 93.0 Å². The van der Waals surface area contributed by atoms with E-state index in [9.17, 15) is 0 Å². The molecule has 0 aliphatic heterocycles. The van der Waals surface area contributed by atoms with E-state index in [0.29, 0.717) is 0 Å². The average molecular weight is 216 g/mol. The fraction of sp³-hybridized carbons (Fsp3) is 0.0714. The van der Waals surface area contributed by atoms with Gasteiger partial charge in [0, 0.05) is 0 Å². The minimum Gasteiger partial charge on any atom is -0.0991 e. The van der Waals surface area contributed by atoms with E-state index in [1.165, 1.54) is 10.6 Å². The molecule has 0 saturated heterocycles. The van der Waals surface area contributed by atoms with E-state index in [2.05, 4.69) is 56.2 Å². The molecule has 0 heterocycles. The smallest absolute Gasteiger partial charge is 0.0237 e. The second-order valence-corrected chi connectivity index (χ2v) is 5.30. The largest absolute Gasteiger partial charge is 0.0991 e. The molecule has 1 rings (SSSR count). The van der Waals surface area contributed by atoms with Gasteiger partial charge in [-0.3, -0.25) is 0 Å². The molecule has 1 aromatic rings. The fourth-order valence-corrected chi connectivity index (χ4v) is 2.92. The molecule has 15 heavy (non-hydrogen) atoms. The normalized spacial score (nSPS) is 14.1. The van der Waals surface area contributed by atoms with Gasteiger partial charge in [-0.25, -0.2) is 0 Å². The Morgan fingerprint density at radius 2 is 1.93 bits per heavy atom. The van der Waals surface area contributed by atoms with Crippen molar-refractivity contribution in [3.05, 3.63) is 66.5 Å². The summed E-state index contributed by atoms with van der Waals surface area (Å²) in [6.45, 7) is 5.73. The zero-order chi connectivity index (χ0) is 11.1. The van der Waals surface area contributed by atoms with E-state index >= 15 is 0 Å². The van der Waals surface area contributed by atoms with Crippen molar-refractivity contribution in [2.45, 2.75) is 6.92 Å². The molecule has 0 N–H and O–H groups in total. The van der Waals surface area contributed by atoms with Crippen LogP contribution in [0.1, 0.15) is 6.92 Å². The first-order chi connectivity index (χ1) is 7.29. The summed E-state index contributed by atoms with van der Waals surface area (Å²) in [7, 11) is -0.852. The van der Waals surface area contributed by atoms with Gasteiger partial charge in [0.2, 0.25) is 0 Å². The quantitative estimate of drug-likeness (QED) is 0.533. The molecule has 0 saturated carbocycles. The lowest BCUT2D eigenvalue weighted by molar-refractivity contribution is 1.69. The Morgan fingerprint density at radius 3 is 2.47 bits per heavy atom. The summed E-state index contributed by atoms with van der Waals surface area (Å²) in [4.78, 5) is 0. The number of hydrogen-bond donors (Lipinski definition) is 0. The minimum absolute atomic E-state index is 0.852. The van der Waals surface area contributed by atoms with Gasteiger partial charge >= 0.3 is 0 Å². The van der Waals surface area contributed by atoms with Gasteiger partial charge in [-0.2, -0.15) is 0 Å². The van der Waals surface area contributed by atoms with Crippen LogP contribution in [0.3, 0.4) is 0 Å². The van der Waals surface area contributed by atoms with Crippen LogP contribution < -0.4 is 5.30 Å². The summed E-state index contributed by atoms with van der Waals surface area (Å²) >= 11 is 0. The molecule has 0 spiro atoms. The summed E-state index contributed by atoms with van der Waals surface area (Å²) in [5, 5.41) is 2.65. The van der Waals surface area contributed by atoms with Crippen molar-refractivity contribution in [1.29, 1.82) is 0 Å². The van der Waals surface area contributed by atoms with Crippen molar-refractivity contribution in [3.63, 3.8) is 0 Å². The van der Waals surface area contributed by atoms with Crippen LogP contribution in [0.4, 0.5) is 0 Å². The predicted molar refractivity (Wildman–Crippen MR) is 74.6 cm³/mol. The van der Waals surface area contributed by atoms with Crippen molar-refractivity contribution < 1.29 is 0 Å². The lowest BCUT2D eigenvalue weighted by Crippen LogP contribution is -1.94. The Bertz CT molecular complexity index is 397. The molecule has 0 bridgehead atoms. The summed E-state index contributed by atoms with van der Waals surface area (Å²) < 4.78 is 0. The monoisotopic (exact) mass is 216 g/mol. The van der Waals surface area contributed by atoms with E-state index in [1.54, 1.807) is 6.08 Å². The third kappa shape index (κ3) is 3.42. The maximum Gasteiger partial charge on any atom is -0.0237 e. The lowest BCUT2D eigenvalue weighted by atomic mass is 10.4. The van der Waals surface area contributed by atoms with E-state index in [4.69, 9.17) is 0 Å². The Hall–Kier alpha value is -1.26. The highest BCUT2D eigenvalue weighted by molar-refractivity contribution is 7.67. The Balaban J connectivity index is 2.93. The third-order valence-corrected chi connectivity index (χ3v) is 4.38. The zero-order valence-corrected chi connectivity index (χ0v) is 10.1.